The number of hydrogen-bond acceptors (Lipinski definition) is 6. The number of piperidine rings is 1. The van der Waals surface area contributed by atoms with Crippen molar-refractivity contribution in [1.29, 1.82) is 5.26 Å². The highest BCUT2D eigenvalue weighted by Crippen LogP contribution is 2.65. The van der Waals surface area contributed by atoms with Gasteiger partial charge in [-0.2, -0.15) is 5.26 Å². The van der Waals surface area contributed by atoms with E-state index < -0.39 is 12.1 Å². The molecule has 3 fully saturated rings. The van der Waals surface area contributed by atoms with Gasteiger partial charge in [0.25, 0.3) is 5.91 Å². The minimum Gasteiger partial charge on any atom is -0.356 e. The first-order valence-electron chi connectivity index (χ1n) is 11.0. The van der Waals surface area contributed by atoms with Gasteiger partial charge in [-0.3, -0.25) is 14.4 Å². The molecule has 3 aliphatic rings. The van der Waals surface area contributed by atoms with E-state index in [9.17, 15) is 19.6 Å². The van der Waals surface area contributed by atoms with Gasteiger partial charge in [-0.25, -0.2) is 4.98 Å². The lowest BCUT2D eigenvalue weighted by atomic mass is 9.97. The molecule has 2 saturated heterocycles. The Bertz CT molecular complexity index is 1120. The van der Waals surface area contributed by atoms with Gasteiger partial charge in [0.05, 0.1) is 16.3 Å². The van der Waals surface area contributed by atoms with Crippen molar-refractivity contribution in [3.63, 3.8) is 0 Å². The molecule has 5 atom stereocenters. The highest BCUT2D eigenvalue weighted by atomic mass is 32.1. The summed E-state index contributed by atoms with van der Waals surface area (Å²) >= 11 is 1.33. The SMILES string of the molecule is CC1(C)[C@@H]2[C@@H](C(=O)NC(C#N)C[C@@H]3CCNC3=O)N(C(=O)c3nc4ccccc4s3)C[C@@H]21. The van der Waals surface area contributed by atoms with Gasteiger partial charge < -0.3 is 15.5 Å². The van der Waals surface area contributed by atoms with Gasteiger partial charge in [0.1, 0.15) is 12.1 Å². The van der Waals surface area contributed by atoms with Gasteiger partial charge in [-0.1, -0.05) is 26.0 Å². The van der Waals surface area contributed by atoms with Gasteiger partial charge >= 0.3 is 0 Å². The van der Waals surface area contributed by atoms with E-state index in [1.165, 1.54) is 11.3 Å². The van der Waals surface area contributed by atoms with Crippen LogP contribution in [-0.4, -0.2) is 52.8 Å². The molecule has 166 valence electrons. The summed E-state index contributed by atoms with van der Waals surface area (Å²) < 4.78 is 0.931. The molecule has 9 heteroatoms. The van der Waals surface area contributed by atoms with Crippen LogP contribution in [0.2, 0.25) is 0 Å². The lowest BCUT2D eigenvalue weighted by Crippen LogP contribution is -2.52. The molecule has 0 bridgehead atoms. The smallest absolute Gasteiger partial charge is 0.283 e. The molecule has 0 spiro atoms. The molecular weight excluding hydrogens is 426 g/mol. The van der Waals surface area contributed by atoms with Gasteiger partial charge in [-0.05, 0) is 42.2 Å². The minimum atomic E-state index is -0.767. The van der Waals surface area contributed by atoms with Crippen molar-refractivity contribution in [2.75, 3.05) is 13.1 Å². The van der Waals surface area contributed by atoms with E-state index in [-0.39, 0.29) is 47.3 Å². The molecule has 1 aromatic heterocycles. The fourth-order valence-electron chi connectivity index (χ4n) is 5.44. The number of hydrogen-bond donors (Lipinski definition) is 2. The maximum atomic E-state index is 13.4. The molecule has 0 radical (unpaired) electrons. The number of likely N-dealkylation sites (tertiary alicyclic amines) is 1. The number of carbonyl (C=O) groups excluding carboxylic acids is 3. The Morgan fingerprint density at radius 2 is 2.19 bits per heavy atom. The van der Waals surface area contributed by atoms with E-state index in [0.717, 1.165) is 10.2 Å². The van der Waals surface area contributed by atoms with Gasteiger partial charge in [0.2, 0.25) is 11.8 Å². The Morgan fingerprint density at radius 3 is 2.88 bits per heavy atom. The second-order valence-electron chi connectivity index (χ2n) is 9.55. The molecule has 1 aliphatic carbocycles. The molecule has 1 aromatic carbocycles. The molecule has 2 aliphatic heterocycles. The first kappa shape index (κ1) is 20.9. The van der Waals surface area contributed by atoms with E-state index in [1.54, 1.807) is 4.90 Å². The normalized spacial score (nSPS) is 28.7. The van der Waals surface area contributed by atoms with Crippen LogP contribution in [0.25, 0.3) is 10.2 Å². The van der Waals surface area contributed by atoms with Crippen molar-refractivity contribution in [2.45, 2.75) is 38.8 Å². The number of para-hydroxylation sites is 1. The molecule has 5 rings (SSSR count). The number of thiazole rings is 1. The largest absolute Gasteiger partial charge is 0.356 e. The van der Waals surface area contributed by atoms with Crippen molar-refractivity contribution in [1.82, 2.24) is 20.5 Å². The van der Waals surface area contributed by atoms with E-state index in [0.29, 0.717) is 24.5 Å². The van der Waals surface area contributed by atoms with Gasteiger partial charge in [-0.15, -0.1) is 11.3 Å². The average Bonchev–Trinajstić information content (AvgIpc) is 3.29. The molecular formula is C23H25N5O3S. The van der Waals surface area contributed by atoms with Crippen molar-refractivity contribution in [3.8, 4) is 6.07 Å². The molecule has 1 unspecified atom stereocenters. The summed E-state index contributed by atoms with van der Waals surface area (Å²) in [5.41, 5.74) is 0.741. The Hall–Kier alpha value is -2.99. The van der Waals surface area contributed by atoms with E-state index in [2.05, 4.69) is 35.5 Å². The monoisotopic (exact) mass is 451 g/mol. The molecule has 1 saturated carbocycles. The zero-order chi connectivity index (χ0) is 22.6. The third kappa shape index (κ3) is 3.34. The van der Waals surface area contributed by atoms with Crippen LogP contribution >= 0.6 is 11.3 Å². The number of nitrogens with one attached hydrogen (secondary N) is 2. The molecule has 2 aromatic rings. The number of nitrogens with zero attached hydrogens (tertiary/aromatic N) is 3. The summed E-state index contributed by atoms with van der Waals surface area (Å²) in [4.78, 5) is 44.7. The zero-order valence-electron chi connectivity index (χ0n) is 18.0. The molecule has 3 heterocycles. The van der Waals surface area contributed by atoms with Crippen molar-refractivity contribution in [3.05, 3.63) is 29.3 Å². The third-order valence-electron chi connectivity index (χ3n) is 7.37. The summed E-state index contributed by atoms with van der Waals surface area (Å²) in [7, 11) is 0. The Labute approximate surface area is 190 Å². The maximum Gasteiger partial charge on any atom is 0.283 e. The van der Waals surface area contributed by atoms with Crippen LogP contribution in [0.5, 0.6) is 0 Å². The molecule has 32 heavy (non-hydrogen) atoms. The van der Waals surface area contributed by atoms with E-state index in [1.807, 2.05) is 24.3 Å². The third-order valence-corrected chi connectivity index (χ3v) is 8.39. The number of amides is 3. The number of nitriles is 1. The van der Waals surface area contributed by atoms with E-state index >= 15 is 0 Å². The first-order valence-corrected chi connectivity index (χ1v) is 11.8. The summed E-state index contributed by atoms with van der Waals surface area (Å²) in [5, 5.41) is 15.6. The summed E-state index contributed by atoms with van der Waals surface area (Å²) in [5.74, 6) is -0.598. The van der Waals surface area contributed by atoms with Crippen LogP contribution in [-0.2, 0) is 9.59 Å². The van der Waals surface area contributed by atoms with Crippen molar-refractivity contribution >= 4 is 39.3 Å². The molecule has 2 N–H and O–H groups in total. The summed E-state index contributed by atoms with van der Waals surface area (Å²) in [6.07, 6.45) is 0.945. The fourth-order valence-corrected chi connectivity index (χ4v) is 6.36. The van der Waals surface area contributed by atoms with Crippen LogP contribution < -0.4 is 10.6 Å². The second kappa shape index (κ2) is 7.55. The average molecular weight is 452 g/mol. The first-order chi connectivity index (χ1) is 15.3. The molecule has 8 nitrogen and oxygen atoms in total. The number of benzene rings is 1. The quantitative estimate of drug-likeness (QED) is 0.721. The fraction of sp³-hybridized carbons (Fsp3) is 0.522. The Morgan fingerprint density at radius 1 is 1.41 bits per heavy atom. The van der Waals surface area contributed by atoms with Crippen LogP contribution in [0.3, 0.4) is 0 Å². The van der Waals surface area contributed by atoms with Crippen molar-refractivity contribution < 1.29 is 14.4 Å². The lowest BCUT2D eigenvalue weighted by Gasteiger charge is -2.30. The Balaban J connectivity index is 1.35. The minimum absolute atomic E-state index is 0.0279. The highest BCUT2D eigenvalue weighted by Gasteiger charge is 2.69. The second-order valence-corrected chi connectivity index (χ2v) is 10.6. The van der Waals surface area contributed by atoms with Crippen LogP contribution in [0.4, 0.5) is 0 Å². The maximum absolute atomic E-state index is 13.4. The number of rotatable bonds is 5. The predicted octanol–water partition coefficient (Wildman–Crippen LogP) is 1.93. The lowest BCUT2D eigenvalue weighted by molar-refractivity contribution is -0.127. The highest BCUT2D eigenvalue weighted by molar-refractivity contribution is 7.20. The predicted molar refractivity (Wildman–Crippen MR) is 118 cm³/mol. The standard InChI is InChI=1S/C23H25N5O3S/c1-23(2)14-11-28(22(31)21-27-15-5-3-4-6-16(15)32-21)18(17(14)23)20(30)26-13(10-24)9-12-7-8-25-19(12)29/h3-6,12-14,17-18H,7-9,11H2,1-2H3,(H,25,29)(H,26,30)/t12-,13?,14-,17-,18-/m0/s1. The molecule has 3 amide bonds. The van der Waals surface area contributed by atoms with Gasteiger partial charge in [0.15, 0.2) is 5.01 Å². The number of carbonyl (C=O) groups is 3. The summed E-state index contributed by atoms with van der Waals surface area (Å²) in [6, 6.07) is 8.30. The summed E-state index contributed by atoms with van der Waals surface area (Å²) in [6.45, 7) is 5.34. The van der Waals surface area contributed by atoms with Crippen molar-refractivity contribution in [2.24, 2.45) is 23.2 Å². The van der Waals surface area contributed by atoms with E-state index in [4.69, 9.17) is 0 Å². The number of fused-ring (bicyclic) bond motifs is 2. The topological polar surface area (TPSA) is 115 Å². The zero-order valence-corrected chi connectivity index (χ0v) is 18.8. The van der Waals surface area contributed by atoms with Gasteiger partial charge in [0, 0.05) is 19.0 Å². The van der Waals surface area contributed by atoms with Crippen LogP contribution in [0.15, 0.2) is 24.3 Å². The number of aromatic nitrogens is 1. The van der Waals surface area contributed by atoms with Crippen LogP contribution in [0.1, 0.15) is 36.5 Å². The van der Waals surface area contributed by atoms with Crippen LogP contribution in [0, 0.1) is 34.5 Å². The Kier molecular flexibility index (Phi) is 4.93.